The van der Waals surface area contributed by atoms with E-state index in [-0.39, 0.29) is 44.3 Å². The molecule has 2 aliphatic carbocycles. The summed E-state index contributed by atoms with van der Waals surface area (Å²) in [5.74, 6) is -0.250. The molecule has 1 aromatic carbocycles. The van der Waals surface area contributed by atoms with Crippen LogP contribution in [0.2, 0.25) is 9.36 Å². The average Bonchev–Trinajstić information content (AvgIpc) is 3.52. The molecule has 1 aliphatic heterocycles. The van der Waals surface area contributed by atoms with E-state index < -0.39 is 10.0 Å². The zero-order chi connectivity index (χ0) is 24.9. The normalized spacial score (nSPS) is 21.4. The molecule has 0 spiro atoms. The van der Waals surface area contributed by atoms with Crippen molar-refractivity contribution >= 4 is 50.2 Å². The Morgan fingerprint density at radius 1 is 1.31 bits per heavy atom. The fourth-order valence-electron chi connectivity index (χ4n) is 5.06. The van der Waals surface area contributed by atoms with Gasteiger partial charge in [0.05, 0.1) is 22.5 Å². The van der Waals surface area contributed by atoms with Crippen LogP contribution < -0.4 is 10.4 Å². The minimum Gasteiger partial charge on any atom is -0.301 e. The Hall–Kier alpha value is -2.35. The number of nitriles is 1. The third-order valence-corrected chi connectivity index (χ3v) is 10.8. The van der Waals surface area contributed by atoms with Crippen LogP contribution in [0.25, 0.3) is 0 Å². The zero-order valence-electron chi connectivity index (χ0n) is 18.6. The summed E-state index contributed by atoms with van der Waals surface area (Å²) in [6, 6.07) is 9.63. The predicted octanol–water partition coefficient (Wildman–Crippen LogP) is 5.86. The molecule has 0 bridgehead atoms. The number of hydrogen-bond donors (Lipinski definition) is 1. The van der Waals surface area contributed by atoms with Crippen molar-refractivity contribution in [3.8, 4) is 6.07 Å². The van der Waals surface area contributed by atoms with Crippen molar-refractivity contribution in [3.05, 3.63) is 80.2 Å². The maximum absolute atomic E-state index is 13.4. The van der Waals surface area contributed by atoms with E-state index >= 15 is 0 Å². The first kappa shape index (κ1) is 24.3. The Balaban J connectivity index is 1.44. The number of nitrogens with one attached hydrogen (secondary N) is 1. The van der Waals surface area contributed by atoms with Crippen LogP contribution in [0.15, 0.2) is 69.2 Å². The molecule has 0 unspecified atom stereocenters. The van der Waals surface area contributed by atoms with E-state index in [2.05, 4.69) is 18.4 Å². The van der Waals surface area contributed by atoms with Crippen LogP contribution in [0.3, 0.4) is 0 Å². The molecular weight excluding hydrogens is 530 g/mol. The number of hydrazine groups is 1. The molecule has 0 radical (unpaired) electrons. The molecule has 35 heavy (non-hydrogen) atoms. The Morgan fingerprint density at radius 3 is 2.71 bits per heavy atom. The number of hydrogen-bond acceptors (Lipinski definition) is 6. The highest BCUT2D eigenvalue weighted by Crippen LogP contribution is 2.48. The van der Waals surface area contributed by atoms with Crippen molar-refractivity contribution in [2.24, 2.45) is 11.8 Å². The van der Waals surface area contributed by atoms with Gasteiger partial charge in [0.1, 0.15) is 20.9 Å². The van der Waals surface area contributed by atoms with Crippen molar-refractivity contribution in [1.82, 2.24) is 9.73 Å². The van der Waals surface area contributed by atoms with E-state index in [0.29, 0.717) is 0 Å². The maximum Gasteiger partial charge on any atom is 0.253 e. The van der Waals surface area contributed by atoms with Gasteiger partial charge in [0.15, 0.2) is 0 Å². The van der Waals surface area contributed by atoms with Crippen molar-refractivity contribution in [1.29, 1.82) is 5.26 Å². The lowest BCUT2D eigenvalue weighted by Crippen LogP contribution is -2.36. The standard InChI is InChI=1S/C24H21Cl2FN4O2S2/c1-14-19-12-29-31(18-6-4-17(27)5-7-18)21(19)10-15-2-3-16(23(14)15)13-30(9-8-28)35(32,33)22-11-20(25)24(26)34-22/h4-7,10-12,14,16,29H,2-3,9,13H2,1H3/t14-,16+/m0/s1. The lowest BCUT2D eigenvalue weighted by molar-refractivity contribution is 0.381. The highest BCUT2D eigenvalue weighted by Gasteiger charge is 2.40. The lowest BCUT2D eigenvalue weighted by Gasteiger charge is -2.31. The van der Waals surface area contributed by atoms with E-state index in [1.165, 1.54) is 33.7 Å². The lowest BCUT2D eigenvalue weighted by atomic mass is 9.80. The van der Waals surface area contributed by atoms with E-state index in [9.17, 15) is 18.1 Å². The van der Waals surface area contributed by atoms with Gasteiger partial charge in [0.25, 0.3) is 10.0 Å². The van der Waals surface area contributed by atoms with Gasteiger partial charge in [-0.05, 0) is 60.7 Å². The highest BCUT2D eigenvalue weighted by molar-refractivity contribution is 7.91. The third-order valence-electron chi connectivity index (χ3n) is 6.68. The molecule has 2 aromatic rings. The molecule has 2 heterocycles. The minimum atomic E-state index is -3.92. The summed E-state index contributed by atoms with van der Waals surface area (Å²) in [6.45, 7) is 2.06. The Bertz CT molecular complexity index is 1400. The largest absolute Gasteiger partial charge is 0.301 e. The molecule has 182 valence electrons. The van der Waals surface area contributed by atoms with Crippen molar-refractivity contribution in [2.45, 2.75) is 24.0 Å². The summed E-state index contributed by atoms with van der Waals surface area (Å²) in [4.78, 5) is 0. The summed E-state index contributed by atoms with van der Waals surface area (Å²) < 4.78 is 41.5. The molecular formula is C24H21Cl2FN4O2S2. The van der Waals surface area contributed by atoms with Gasteiger partial charge in [0, 0.05) is 24.2 Å². The van der Waals surface area contributed by atoms with Crippen LogP contribution in [0, 0.1) is 29.0 Å². The molecule has 3 aliphatic rings. The van der Waals surface area contributed by atoms with Gasteiger partial charge in [-0.1, -0.05) is 35.7 Å². The summed E-state index contributed by atoms with van der Waals surface area (Å²) in [7, 11) is -3.92. The van der Waals surface area contributed by atoms with Crippen LogP contribution in [0.4, 0.5) is 10.1 Å². The van der Waals surface area contributed by atoms with Crippen LogP contribution in [0.5, 0.6) is 0 Å². The van der Waals surface area contributed by atoms with Crippen molar-refractivity contribution in [2.75, 3.05) is 18.1 Å². The topological polar surface area (TPSA) is 76.4 Å². The molecule has 11 heteroatoms. The summed E-state index contributed by atoms with van der Waals surface area (Å²) in [5.41, 5.74) is 8.57. The number of nitrogens with zero attached hydrogens (tertiary/aromatic N) is 3. The Morgan fingerprint density at radius 2 is 2.06 bits per heavy atom. The van der Waals surface area contributed by atoms with Gasteiger partial charge in [0.2, 0.25) is 0 Å². The van der Waals surface area contributed by atoms with Gasteiger partial charge < -0.3 is 5.43 Å². The highest BCUT2D eigenvalue weighted by atomic mass is 35.5. The van der Waals surface area contributed by atoms with Gasteiger partial charge in [-0.3, -0.25) is 5.01 Å². The van der Waals surface area contributed by atoms with Gasteiger partial charge in [-0.25, -0.2) is 12.8 Å². The number of allylic oxidation sites excluding steroid dienone is 3. The van der Waals surface area contributed by atoms with Crippen LogP contribution in [0.1, 0.15) is 19.8 Å². The minimum absolute atomic E-state index is 0.0207. The molecule has 0 saturated carbocycles. The van der Waals surface area contributed by atoms with E-state index in [1.807, 2.05) is 17.3 Å². The van der Waals surface area contributed by atoms with Crippen molar-refractivity contribution in [3.63, 3.8) is 0 Å². The van der Waals surface area contributed by atoms with Gasteiger partial charge in [-0.2, -0.15) is 9.57 Å². The SMILES string of the molecule is C[C@H]1C2=CNN(c3ccc(F)cc3)C2=CC2=C1[C@@H](CN(CC#N)S(=O)(=O)c1cc(Cl)c(Cl)s1)CC2. The van der Waals surface area contributed by atoms with E-state index in [0.717, 1.165) is 41.1 Å². The maximum atomic E-state index is 13.4. The van der Waals surface area contributed by atoms with Crippen LogP contribution in [-0.4, -0.2) is 25.8 Å². The summed E-state index contributed by atoms with van der Waals surface area (Å²) >= 11 is 12.9. The van der Waals surface area contributed by atoms with Gasteiger partial charge >= 0.3 is 0 Å². The van der Waals surface area contributed by atoms with E-state index in [1.54, 1.807) is 12.1 Å². The quantitative estimate of drug-likeness (QED) is 0.456. The second kappa shape index (κ2) is 9.26. The van der Waals surface area contributed by atoms with Crippen LogP contribution >= 0.6 is 34.5 Å². The number of thiophene rings is 1. The summed E-state index contributed by atoms with van der Waals surface area (Å²) in [5, 5.41) is 11.5. The van der Waals surface area contributed by atoms with Crippen LogP contribution in [-0.2, 0) is 10.0 Å². The summed E-state index contributed by atoms with van der Waals surface area (Å²) in [6.07, 6.45) is 5.68. The number of benzene rings is 1. The number of sulfonamides is 1. The van der Waals surface area contributed by atoms with E-state index in [4.69, 9.17) is 23.2 Å². The molecule has 6 nitrogen and oxygen atoms in total. The third kappa shape index (κ3) is 4.28. The average molecular weight is 551 g/mol. The second-order valence-corrected chi connectivity index (χ2v) is 12.9. The molecule has 5 rings (SSSR count). The fraction of sp³-hybridized carbons (Fsp3) is 0.292. The second-order valence-electron chi connectivity index (χ2n) is 8.65. The number of rotatable bonds is 6. The van der Waals surface area contributed by atoms with Gasteiger partial charge in [-0.15, -0.1) is 11.3 Å². The zero-order valence-corrected chi connectivity index (χ0v) is 21.8. The molecule has 2 atom stereocenters. The predicted molar refractivity (Wildman–Crippen MR) is 136 cm³/mol. The smallest absolute Gasteiger partial charge is 0.253 e. The first-order valence-corrected chi connectivity index (χ1v) is 14.0. The van der Waals surface area contributed by atoms with Crippen molar-refractivity contribution < 1.29 is 12.8 Å². The fourth-order valence-corrected chi connectivity index (χ4v) is 8.48. The monoisotopic (exact) mass is 550 g/mol. The first-order valence-electron chi connectivity index (χ1n) is 11.0. The molecule has 0 fully saturated rings. The first-order chi connectivity index (χ1) is 16.7. The Labute approximate surface area is 217 Å². The molecule has 1 N–H and O–H groups in total. The number of anilines is 1. The number of halogens is 3. The molecule has 0 saturated heterocycles. The Kier molecular flexibility index (Phi) is 6.45. The molecule has 1 aromatic heterocycles. The number of fused-ring (bicyclic) bond motifs is 1. The molecule has 0 amide bonds.